The Kier molecular flexibility index (Phi) is 5.85. The molecule has 2 aliphatic heterocycles. The fourth-order valence-electron chi connectivity index (χ4n) is 3.25. The van der Waals surface area contributed by atoms with Gasteiger partial charge in [0.05, 0.1) is 18.1 Å². The summed E-state index contributed by atoms with van der Waals surface area (Å²) in [7, 11) is -2.97. The van der Waals surface area contributed by atoms with Crippen molar-refractivity contribution < 1.29 is 13.2 Å². The first-order valence-corrected chi connectivity index (χ1v) is 10.1. The molecule has 2 aliphatic rings. The van der Waals surface area contributed by atoms with Crippen LogP contribution in [0.5, 0.6) is 0 Å². The van der Waals surface area contributed by atoms with Crippen LogP contribution in [0.15, 0.2) is 0 Å². The summed E-state index contributed by atoms with van der Waals surface area (Å²) in [5.74, 6) is 0.754. The van der Waals surface area contributed by atoms with Gasteiger partial charge in [0, 0.05) is 38.3 Å². The Morgan fingerprint density at radius 1 is 1.41 bits per heavy atom. The lowest BCUT2D eigenvalue weighted by molar-refractivity contribution is -0.135. The Labute approximate surface area is 134 Å². The summed E-state index contributed by atoms with van der Waals surface area (Å²) in [6.07, 6.45) is 0.581. The molecule has 7 heteroatoms. The van der Waals surface area contributed by atoms with Crippen LogP contribution in [-0.2, 0) is 14.6 Å². The van der Waals surface area contributed by atoms with E-state index in [0.717, 1.165) is 19.6 Å². The Morgan fingerprint density at radius 3 is 2.68 bits per heavy atom. The number of amides is 1. The molecule has 0 aliphatic carbocycles. The number of nitrogens with zero attached hydrogens (tertiary/aromatic N) is 2. The molecule has 0 aromatic heterocycles. The third-order valence-electron chi connectivity index (χ3n) is 4.51. The zero-order chi connectivity index (χ0) is 16.3. The summed E-state index contributed by atoms with van der Waals surface area (Å²) in [6.45, 7) is 9.95. The van der Waals surface area contributed by atoms with Crippen LogP contribution in [0.3, 0.4) is 0 Å². The van der Waals surface area contributed by atoms with Gasteiger partial charge < -0.3 is 10.2 Å². The van der Waals surface area contributed by atoms with E-state index in [2.05, 4.69) is 31.0 Å². The first-order chi connectivity index (χ1) is 10.3. The minimum Gasteiger partial charge on any atom is -0.337 e. The molecule has 0 aromatic rings. The molecule has 0 radical (unpaired) electrons. The van der Waals surface area contributed by atoms with E-state index in [0.29, 0.717) is 31.5 Å². The van der Waals surface area contributed by atoms with Crippen molar-refractivity contribution in [3.05, 3.63) is 0 Å². The van der Waals surface area contributed by atoms with Crippen molar-refractivity contribution in [2.75, 3.05) is 44.2 Å². The summed E-state index contributed by atoms with van der Waals surface area (Å²) in [4.78, 5) is 16.8. The van der Waals surface area contributed by atoms with Crippen molar-refractivity contribution in [3.63, 3.8) is 0 Å². The molecule has 0 aromatic carbocycles. The van der Waals surface area contributed by atoms with Crippen LogP contribution in [0, 0.1) is 5.92 Å². The number of carbonyl (C=O) groups excluding carboxylic acids is 1. The number of hydrogen-bond donors (Lipinski definition) is 1. The summed E-state index contributed by atoms with van der Waals surface area (Å²) >= 11 is 0. The highest BCUT2D eigenvalue weighted by Gasteiger charge is 2.35. The second kappa shape index (κ2) is 7.27. The van der Waals surface area contributed by atoms with Gasteiger partial charge in [0.1, 0.15) is 0 Å². The van der Waals surface area contributed by atoms with Gasteiger partial charge in [-0.05, 0) is 19.3 Å². The summed E-state index contributed by atoms with van der Waals surface area (Å²) in [5, 5.41) is 3.32. The number of rotatable bonds is 5. The smallest absolute Gasteiger partial charge is 0.237 e. The summed E-state index contributed by atoms with van der Waals surface area (Å²) < 4.78 is 23.5. The summed E-state index contributed by atoms with van der Waals surface area (Å²) in [6, 6.07) is 0.198. The molecule has 2 fully saturated rings. The third-order valence-corrected chi connectivity index (χ3v) is 6.26. The van der Waals surface area contributed by atoms with E-state index in [-0.39, 0.29) is 23.5 Å². The quantitative estimate of drug-likeness (QED) is 0.765. The van der Waals surface area contributed by atoms with Crippen molar-refractivity contribution in [2.45, 2.75) is 39.3 Å². The van der Waals surface area contributed by atoms with Crippen LogP contribution in [0.4, 0.5) is 0 Å². The van der Waals surface area contributed by atoms with Gasteiger partial charge in [-0.15, -0.1) is 0 Å². The zero-order valence-electron chi connectivity index (χ0n) is 13.9. The topological polar surface area (TPSA) is 69.7 Å². The predicted molar refractivity (Wildman–Crippen MR) is 87.5 cm³/mol. The maximum atomic E-state index is 12.8. The van der Waals surface area contributed by atoms with Gasteiger partial charge >= 0.3 is 0 Å². The van der Waals surface area contributed by atoms with E-state index in [1.54, 1.807) is 0 Å². The first-order valence-electron chi connectivity index (χ1n) is 8.23. The molecular formula is C15H29N3O3S. The maximum Gasteiger partial charge on any atom is 0.237 e. The Morgan fingerprint density at radius 2 is 2.14 bits per heavy atom. The van der Waals surface area contributed by atoms with Gasteiger partial charge in [-0.1, -0.05) is 13.8 Å². The lowest BCUT2D eigenvalue weighted by Crippen LogP contribution is -2.54. The highest BCUT2D eigenvalue weighted by molar-refractivity contribution is 7.91. The minimum atomic E-state index is -2.97. The molecule has 22 heavy (non-hydrogen) atoms. The number of sulfone groups is 1. The van der Waals surface area contributed by atoms with E-state index >= 15 is 0 Å². The van der Waals surface area contributed by atoms with Gasteiger partial charge in [0.25, 0.3) is 0 Å². The number of carbonyl (C=O) groups is 1. The van der Waals surface area contributed by atoms with Gasteiger partial charge in [-0.25, -0.2) is 8.42 Å². The molecule has 2 rings (SSSR count). The average molecular weight is 331 g/mol. The second-order valence-electron chi connectivity index (χ2n) is 7.02. The van der Waals surface area contributed by atoms with E-state index < -0.39 is 9.84 Å². The van der Waals surface area contributed by atoms with E-state index in [9.17, 15) is 13.2 Å². The zero-order valence-corrected chi connectivity index (χ0v) is 14.7. The highest BCUT2D eigenvalue weighted by Crippen LogP contribution is 2.20. The maximum absolute atomic E-state index is 12.8. The van der Waals surface area contributed by atoms with Gasteiger partial charge in [-0.2, -0.15) is 0 Å². The summed E-state index contributed by atoms with van der Waals surface area (Å²) in [5.41, 5.74) is 0. The van der Waals surface area contributed by atoms with Crippen molar-refractivity contribution >= 4 is 15.7 Å². The van der Waals surface area contributed by atoms with Crippen molar-refractivity contribution in [1.29, 1.82) is 0 Å². The molecule has 0 bridgehead atoms. The molecule has 1 N–H and O–H groups in total. The van der Waals surface area contributed by atoms with Gasteiger partial charge in [0.15, 0.2) is 9.84 Å². The normalized spacial score (nSPS) is 28.9. The molecule has 2 atom stereocenters. The van der Waals surface area contributed by atoms with Crippen LogP contribution in [0.1, 0.15) is 27.2 Å². The monoisotopic (exact) mass is 331 g/mol. The molecule has 2 heterocycles. The van der Waals surface area contributed by atoms with Crippen LogP contribution in [0.25, 0.3) is 0 Å². The number of hydrogen-bond acceptors (Lipinski definition) is 5. The molecule has 6 nitrogen and oxygen atoms in total. The fourth-order valence-corrected chi connectivity index (χ4v) is 4.98. The third kappa shape index (κ3) is 4.67. The average Bonchev–Trinajstić information content (AvgIpc) is 2.78. The van der Waals surface area contributed by atoms with Crippen LogP contribution < -0.4 is 5.32 Å². The highest BCUT2D eigenvalue weighted by atomic mass is 32.2. The Balaban J connectivity index is 2.03. The SMILES string of the molecule is CC(C)CN(C(=O)CN1CCNC[C@@H]1C)C1CCS(=O)(=O)C1. The minimum absolute atomic E-state index is 0.0737. The molecule has 1 amide bonds. The lowest BCUT2D eigenvalue weighted by Gasteiger charge is -2.36. The Bertz CT molecular complexity index is 492. The van der Waals surface area contributed by atoms with Crippen LogP contribution in [-0.4, -0.2) is 80.4 Å². The van der Waals surface area contributed by atoms with Gasteiger partial charge in [0.2, 0.25) is 5.91 Å². The molecule has 0 spiro atoms. The molecule has 1 unspecified atom stereocenters. The number of piperazine rings is 1. The first kappa shape index (κ1) is 17.7. The molecular weight excluding hydrogens is 302 g/mol. The largest absolute Gasteiger partial charge is 0.337 e. The predicted octanol–water partition coefficient (Wildman–Crippen LogP) is -0.0482. The van der Waals surface area contributed by atoms with E-state index in [1.807, 2.05) is 4.90 Å². The number of nitrogens with one attached hydrogen (secondary N) is 1. The van der Waals surface area contributed by atoms with E-state index in [4.69, 9.17) is 0 Å². The second-order valence-corrected chi connectivity index (χ2v) is 9.25. The molecule has 128 valence electrons. The van der Waals surface area contributed by atoms with E-state index in [1.165, 1.54) is 0 Å². The standard InChI is InChI=1S/C15H29N3O3S/c1-12(2)9-18(14-4-7-22(20,21)11-14)15(19)10-17-6-5-16-8-13(17)3/h12-14,16H,4-11H2,1-3H3/t13-,14?/m0/s1. The molecule has 0 saturated carbocycles. The lowest BCUT2D eigenvalue weighted by atomic mass is 10.1. The fraction of sp³-hybridized carbons (Fsp3) is 0.933. The van der Waals surface area contributed by atoms with Gasteiger partial charge in [-0.3, -0.25) is 9.69 Å². The van der Waals surface area contributed by atoms with Crippen molar-refractivity contribution in [1.82, 2.24) is 15.1 Å². The Hall–Kier alpha value is -0.660. The van der Waals surface area contributed by atoms with Crippen molar-refractivity contribution in [3.8, 4) is 0 Å². The van der Waals surface area contributed by atoms with Crippen LogP contribution in [0.2, 0.25) is 0 Å². The van der Waals surface area contributed by atoms with Crippen molar-refractivity contribution in [2.24, 2.45) is 5.92 Å². The van der Waals surface area contributed by atoms with Crippen LogP contribution >= 0.6 is 0 Å². The molecule has 2 saturated heterocycles.